The second-order valence-electron chi connectivity index (χ2n) is 11.4. The predicted octanol–water partition coefficient (Wildman–Crippen LogP) is 11.2. The maximum atomic E-state index is 8.93. The highest BCUT2D eigenvalue weighted by molar-refractivity contribution is 6.20. The molecule has 7 aromatic carbocycles. The Kier molecular flexibility index (Phi) is 7.01. The normalized spacial score (nSPS) is 11.2. The molecule has 0 spiro atoms. The third-order valence-corrected chi connectivity index (χ3v) is 8.57. The van der Waals surface area contributed by atoms with Crippen LogP contribution in [0.1, 0.15) is 16.7 Å². The molecule has 0 saturated heterocycles. The summed E-state index contributed by atoms with van der Waals surface area (Å²) in [7, 11) is 0. The van der Waals surface area contributed by atoms with Crippen LogP contribution in [0.5, 0.6) is 0 Å². The molecule has 0 atom stereocenters. The minimum absolute atomic E-state index is 0.494. The van der Waals surface area contributed by atoms with E-state index in [1.165, 1.54) is 0 Å². The molecule has 2 N–H and O–H groups in total. The number of anilines is 4. The Balaban J connectivity index is 1.28. The fourth-order valence-electron chi connectivity index (χ4n) is 6.42. The molecule has 0 aliphatic rings. The summed E-state index contributed by atoms with van der Waals surface area (Å²) in [4.78, 5) is 2.33. The van der Waals surface area contributed by atoms with Crippen LogP contribution in [0.15, 0.2) is 168 Å². The number of rotatable bonds is 8. The molecular formula is C42H31N3O. The van der Waals surface area contributed by atoms with Gasteiger partial charge in [0.15, 0.2) is 0 Å². The van der Waals surface area contributed by atoms with E-state index in [-0.39, 0.29) is 0 Å². The van der Waals surface area contributed by atoms with E-state index in [9.17, 15) is 0 Å². The van der Waals surface area contributed by atoms with Crippen molar-refractivity contribution >= 4 is 61.2 Å². The van der Waals surface area contributed by atoms with E-state index in [1.807, 2.05) is 54.6 Å². The molecule has 1 aromatic heterocycles. The first-order valence-corrected chi connectivity index (χ1v) is 15.5. The molecule has 0 aliphatic carbocycles. The number of hydrogen-bond acceptors (Lipinski definition) is 4. The summed E-state index contributed by atoms with van der Waals surface area (Å²) < 4.78 is 6.64. The molecule has 0 radical (unpaired) electrons. The van der Waals surface area contributed by atoms with Crippen molar-refractivity contribution < 1.29 is 4.42 Å². The van der Waals surface area contributed by atoms with Gasteiger partial charge >= 0.3 is 0 Å². The minimum atomic E-state index is 0.494. The Hall–Kier alpha value is -6.13. The van der Waals surface area contributed by atoms with Gasteiger partial charge in [0, 0.05) is 56.3 Å². The second-order valence-corrected chi connectivity index (χ2v) is 11.4. The van der Waals surface area contributed by atoms with Crippen molar-refractivity contribution in [2.75, 3.05) is 10.2 Å². The van der Waals surface area contributed by atoms with Crippen LogP contribution in [0.2, 0.25) is 0 Å². The maximum absolute atomic E-state index is 8.93. The van der Waals surface area contributed by atoms with E-state index in [1.54, 1.807) is 0 Å². The third-order valence-electron chi connectivity index (χ3n) is 8.57. The van der Waals surface area contributed by atoms with Crippen LogP contribution >= 0.6 is 0 Å². The van der Waals surface area contributed by atoms with Crippen molar-refractivity contribution in [3.8, 4) is 0 Å². The van der Waals surface area contributed by atoms with Gasteiger partial charge in [0.1, 0.15) is 11.2 Å². The average Bonchev–Trinajstić information content (AvgIpc) is 3.51. The molecule has 4 heteroatoms. The quantitative estimate of drug-likeness (QED) is 0.172. The van der Waals surface area contributed by atoms with Crippen LogP contribution < -0.4 is 10.2 Å². The number of hydrogen-bond donors (Lipinski definition) is 2. The van der Waals surface area contributed by atoms with Crippen LogP contribution in [0.4, 0.5) is 22.7 Å². The highest BCUT2D eigenvalue weighted by Gasteiger charge is 2.21. The minimum Gasteiger partial charge on any atom is -0.455 e. The lowest BCUT2D eigenvalue weighted by Gasteiger charge is -2.27. The van der Waals surface area contributed by atoms with Gasteiger partial charge in [-0.3, -0.25) is 5.41 Å². The van der Waals surface area contributed by atoms with Crippen molar-refractivity contribution in [1.29, 1.82) is 5.41 Å². The topological polar surface area (TPSA) is 52.3 Å². The van der Waals surface area contributed by atoms with Crippen molar-refractivity contribution in [3.63, 3.8) is 0 Å². The predicted molar refractivity (Wildman–Crippen MR) is 192 cm³/mol. The van der Waals surface area contributed by atoms with Gasteiger partial charge in [-0.05, 0) is 48.0 Å². The van der Waals surface area contributed by atoms with Gasteiger partial charge in [-0.1, -0.05) is 121 Å². The number of benzene rings is 7. The smallest absolute Gasteiger partial charge is 0.143 e. The van der Waals surface area contributed by atoms with Crippen molar-refractivity contribution in [1.82, 2.24) is 0 Å². The Morgan fingerprint density at radius 2 is 1.20 bits per heavy atom. The van der Waals surface area contributed by atoms with Gasteiger partial charge in [-0.15, -0.1) is 0 Å². The molecule has 0 bridgehead atoms. The molecule has 8 rings (SSSR count). The molecule has 220 valence electrons. The van der Waals surface area contributed by atoms with E-state index in [4.69, 9.17) is 9.83 Å². The van der Waals surface area contributed by atoms with Crippen molar-refractivity contribution in [2.24, 2.45) is 0 Å². The van der Waals surface area contributed by atoms with Gasteiger partial charge in [-0.2, -0.15) is 0 Å². The zero-order valence-corrected chi connectivity index (χ0v) is 25.2. The van der Waals surface area contributed by atoms with Gasteiger partial charge in [-0.25, -0.2) is 0 Å². The summed E-state index contributed by atoms with van der Waals surface area (Å²) in [5.41, 5.74) is 9.31. The standard InChI is InChI=1S/C42H31N3O/c43-41(29-15-4-1-5-16-29)35-24-12-13-25-37(35)44-28-30-17-14-26-39-40(30)36-27-38(33-22-10-11-23-34(33)42(36)46-39)45(31-18-6-2-7-19-31)32-20-8-3-9-21-32/h1-27,43-44H,28H2. The number of fused-ring (bicyclic) bond motifs is 5. The van der Waals surface area contributed by atoms with Crippen LogP contribution in [0, 0.1) is 5.41 Å². The van der Waals surface area contributed by atoms with E-state index < -0.39 is 0 Å². The zero-order chi connectivity index (χ0) is 30.9. The molecule has 8 aromatic rings. The molecule has 1 heterocycles. The first-order valence-electron chi connectivity index (χ1n) is 15.5. The highest BCUT2D eigenvalue weighted by atomic mass is 16.3. The van der Waals surface area contributed by atoms with Crippen molar-refractivity contribution in [3.05, 3.63) is 180 Å². The van der Waals surface area contributed by atoms with Crippen molar-refractivity contribution in [2.45, 2.75) is 6.54 Å². The number of furan rings is 1. The van der Waals surface area contributed by atoms with Crippen LogP contribution in [-0.2, 0) is 6.54 Å². The number of nitrogens with zero attached hydrogens (tertiary/aromatic N) is 1. The molecule has 4 nitrogen and oxygen atoms in total. The van der Waals surface area contributed by atoms with Gasteiger partial charge < -0.3 is 14.6 Å². The molecule has 0 amide bonds. The molecule has 46 heavy (non-hydrogen) atoms. The zero-order valence-electron chi connectivity index (χ0n) is 25.2. The Morgan fingerprint density at radius 3 is 1.91 bits per heavy atom. The summed E-state index contributed by atoms with van der Waals surface area (Å²) in [5, 5.41) is 16.9. The first kappa shape index (κ1) is 27.4. The average molecular weight is 594 g/mol. The highest BCUT2D eigenvalue weighted by Crippen LogP contribution is 2.45. The van der Waals surface area contributed by atoms with E-state index in [0.717, 1.165) is 72.2 Å². The molecule has 0 aliphatic heterocycles. The number of para-hydroxylation sites is 3. The monoisotopic (exact) mass is 593 g/mol. The summed E-state index contributed by atoms with van der Waals surface area (Å²) >= 11 is 0. The maximum Gasteiger partial charge on any atom is 0.143 e. The SMILES string of the molecule is N=C(c1ccccc1)c1ccccc1NCc1cccc2oc3c4ccccc4c(N(c4ccccc4)c4ccccc4)cc3c12. The van der Waals surface area contributed by atoms with E-state index in [0.29, 0.717) is 12.3 Å². The summed E-state index contributed by atoms with van der Waals surface area (Å²) in [6.45, 7) is 0.578. The third kappa shape index (κ3) is 4.86. The first-order chi connectivity index (χ1) is 22.8. The number of nitrogens with one attached hydrogen (secondary N) is 2. The fraction of sp³-hybridized carbons (Fsp3) is 0.0238. The summed E-state index contributed by atoms with van der Waals surface area (Å²) in [6, 6.07) is 56.0. The molecular weight excluding hydrogens is 562 g/mol. The molecule has 0 fully saturated rings. The largest absolute Gasteiger partial charge is 0.455 e. The lowest BCUT2D eigenvalue weighted by atomic mass is 9.99. The van der Waals surface area contributed by atoms with Crippen LogP contribution in [-0.4, -0.2) is 5.71 Å². The molecule has 0 unspecified atom stereocenters. The second kappa shape index (κ2) is 11.8. The van der Waals surface area contributed by atoms with Gasteiger partial charge in [0.05, 0.1) is 11.4 Å². The molecule has 0 saturated carbocycles. The lowest BCUT2D eigenvalue weighted by Crippen LogP contribution is -2.10. The van der Waals surface area contributed by atoms with Crippen LogP contribution in [0.3, 0.4) is 0 Å². The fourth-order valence-corrected chi connectivity index (χ4v) is 6.42. The van der Waals surface area contributed by atoms with E-state index in [2.05, 4.69) is 119 Å². The van der Waals surface area contributed by atoms with E-state index >= 15 is 0 Å². The summed E-state index contributed by atoms with van der Waals surface area (Å²) in [5.74, 6) is 0. The summed E-state index contributed by atoms with van der Waals surface area (Å²) in [6.07, 6.45) is 0. The van der Waals surface area contributed by atoms with Gasteiger partial charge in [0.25, 0.3) is 0 Å². The van der Waals surface area contributed by atoms with Crippen LogP contribution in [0.25, 0.3) is 32.7 Å². The Labute approximate surface area is 267 Å². The van der Waals surface area contributed by atoms with Gasteiger partial charge in [0.2, 0.25) is 0 Å². The Morgan fingerprint density at radius 1 is 0.587 bits per heavy atom. The lowest BCUT2D eigenvalue weighted by molar-refractivity contribution is 0.672. The Bertz CT molecular complexity index is 2290.